The molecular formula is C22H31N3O5S. The minimum Gasteiger partial charge on any atom is -0.462 e. The summed E-state index contributed by atoms with van der Waals surface area (Å²) in [5, 5.41) is 3.07. The number of ether oxygens (including phenoxy) is 1. The van der Waals surface area contributed by atoms with Crippen LogP contribution < -0.4 is 5.32 Å². The molecule has 170 valence electrons. The van der Waals surface area contributed by atoms with E-state index in [1.807, 2.05) is 0 Å². The molecule has 0 saturated carbocycles. The molecule has 8 nitrogen and oxygen atoms in total. The van der Waals surface area contributed by atoms with Crippen LogP contribution in [0.4, 0.5) is 5.69 Å². The predicted octanol–water partition coefficient (Wildman–Crippen LogP) is 3.52. The van der Waals surface area contributed by atoms with Crippen molar-refractivity contribution in [2.45, 2.75) is 52.5 Å². The third-order valence-corrected chi connectivity index (χ3v) is 7.16. The number of rotatable bonds is 10. The third-order valence-electron chi connectivity index (χ3n) is 5.12. The molecule has 1 heterocycles. The summed E-state index contributed by atoms with van der Waals surface area (Å²) in [6.45, 7) is 11.4. The van der Waals surface area contributed by atoms with E-state index in [0.29, 0.717) is 41.3 Å². The van der Waals surface area contributed by atoms with Crippen LogP contribution in [0.1, 0.15) is 59.8 Å². The SMILES string of the molecule is CCOC(=O)c1c(C)[nH]c(C(=O)[C@H](C)Nc2cccc(S(=O)(=O)N(CC)CC)c2)c1C. The quantitative estimate of drug-likeness (QED) is 0.424. The van der Waals surface area contributed by atoms with Crippen LogP contribution in [0.5, 0.6) is 0 Å². The molecule has 0 radical (unpaired) electrons. The molecule has 31 heavy (non-hydrogen) atoms. The Kier molecular flexibility index (Phi) is 8.02. The van der Waals surface area contributed by atoms with E-state index in [4.69, 9.17) is 4.74 Å². The zero-order valence-corrected chi connectivity index (χ0v) is 19.7. The van der Waals surface area contributed by atoms with Gasteiger partial charge < -0.3 is 15.0 Å². The average Bonchev–Trinajstić information content (AvgIpc) is 3.02. The van der Waals surface area contributed by atoms with E-state index < -0.39 is 22.0 Å². The summed E-state index contributed by atoms with van der Waals surface area (Å²) >= 11 is 0. The highest BCUT2D eigenvalue weighted by Gasteiger charge is 2.26. The Morgan fingerprint density at radius 1 is 1.16 bits per heavy atom. The van der Waals surface area contributed by atoms with E-state index in [0.717, 1.165) is 0 Å². The second-order valence-electron chi connectivity index (χ2n) is 7.19. The third kappa shape index (κ3) is 5.16. The van der Waals surface area contributed by atoms with E-state index in [-0.39, 0.29) is 17.3 Å². The van der Waals surface area contributed by atoms with Crippen LogP contribution in [0.2, 0.25) is 0 Å². The van der Waals surface area contributed by atoms with Gasteiger partial charge in [0.05, 0.1) is 28.8 Å². The Labute approximate surface area is 184 Å². The molecule has 1 aromatic heterocycles. The van der Waals surface area contributed by atoms with E-state index in [1.165, 1.54) is 16.4 Å². The van der Waals surface area contributed by atoms with Gasteiger partial charge in [0.1, 0.15) is 0 Å². The molecule has 2 aromatic rings. The normalized spacial score (nSPS) is 12.6. The van der Waals surface area contributed by atoms with Gasteiger partial charge in [-0.3, -0.25) is 4.79 Å². The van der Waals surface area contributed by atoms with Gasteiger partial charge in [0.2, 0.25) is 15.8 Å². The topological polar surface area (TPSA) is 109 Å². The maximum atomic E-state index is 13.0. The number of sulfonamides is 1. The van der Waals surface area contributed by atoms with Gasteiger partial charge in [-0.15, -0.1) is 0 Å². The zero-order valence-electron chi connectivity index (χ0n) is 18.9. The number of nitrogens with zero attached hydrogens (tertiary/aromatic N) is 1. The summed E-state index contributed by atoms with van der Waals surface area (Å²) in [7, 11) is -3.61. The fourth-order valence-electron chi connectivity index (χ4n) is 3.50. The van der Waals surface area contributed by atoms with Crippen LogP contribution in [-0.2, 0) is 14.8 Å². The Bertz CT molecular complexity index is 1060. The molecule has 2 rings (SSSR count). The number of aromatic amines is 1. The lowest BCUT2D eigenvalue weighted by atomic mass is 10.0. The molecule has 0 unspecified atom stereocenters. The van der Waals surface area contributed by atoms with Crippen molar-refractivity contribution in [2.75, 3.05) is 25.0 Å². The number of nitrogens with one attached hydrogen (secondary N) is 2. The van der Waals surface area contributed by atoms with Crippen molar-refractivity contribution in [3.8, 4) is 0 Å². The highest BCUT2D eigenvalue weighted by atomic mass is 32.2. The first-order chi connectivity index (χ1) is 14.6. The molecule has 0 aliphatic heterocycles. The number of aromatic nitrogens is 1. The molecule has 1 atom stereocenters. The number of ketones is 1. The molecule has 9 heteroatoms. The minimum absolute atomic E-state index is 0.164. The summed E-state index contributed by atoms with van der Waals surface area (Å²) in [5.41, 5.74) is 2.31. The number of hydrogen-bond donors (Lipinski definition) is 2. The second kappa shape index (κ2) is 10.1. The van der Waals surface area contributed by atoms with Crippen molar-refractivity contribution >= 4 is 27.5 Å². The largest absolute Gasteiger partial charge is 0.462 e. The number of carbonyl (C=O) groups is 2. The Morgan fingerprint density at radius 2 is 1.81 bits per heavy atom. The number of Topliss-reactive ketones (excluding diaryl/α,β-unsaturated/α-hetero) is 1. The lowest BCUT2D eigenvalue weighted by molar-refractivity contribution is 0.0525. The molecule has 0 spiro atoms. The summed E-state index contributed by atoms with van der Waals surface area (Å²) in [6, 6.07) is 5.75. The van der Waals surface area contributed by atoms with Gasteiger partial charge in [-0.2, -0.15) is 4.31 Å². The Hall–Kier alpha value is -2.65. The molecule has 0 amide bonds. The first-order valence-corrected chi connectivity index (χ1v) is 11.8. The van der Waals surface area contributed by atoms with Crippen molar-refractivity contribution in [3.63, 3.8) is 0 Å². The number of esters is 1. The zero-order chi connectivity index (χ0) is 23.3. The van der Waals surface area contributed by atoms with Crippen molar-refractivity contribution in [1.29, 1.82) is 0 Å². The van der Waals surface area contributed by atoms with Crippen LogP contribution in [0.15, 0.2) is 29.2 Å². The first-order valence-electron chi connectivity index (χ1n) is 10.4. The molecule has 0 bridgehead atoms. The van der Waals surface area contributed by atoms with Gasteiger partial charge in [-0.25, -0.2) is 13.2 Å². The van der Waals surface area contributed by atoms with Gasteiger partial charge in [0, 0.05) is 24.5 Å². The van der Waals surface area contributed by atoms with Crippen molar-refractivity contribution < 1.29 is 22.7 Å². The lowest BCUT2D eigenvalue weighted by Gasteiger charge is -2.20. The van der Waals surface area contributed by atoms with Crippen LogP contribution >= 0.6 is 0 Å². The number of hydrogen-bond acceptors (Lipinski definition) is 6. The van der Waals surface area contributed by atoms with Gasteiger partial charge in [-0.05, 0) is 51.5 Å². The smallest absolute Gasteiger partial charge is 0.340 e. The summed E-state index contributed by atoms with van der Waals surface area (Å²) in [5.74, 6) is -0.712. The van der Waals surface area contributed by atoms with E-state index in [9.17, 15) is 18.0 Å². The summed E-state index contributed by atoms with van der Waals surface area (Å²) in [4.78, 5) is 28.4. The number of benzene rings is 1. The fraction of sp³-hybridized carbons (Fsp3) is 0.455. The van der Waals surface area contributed by atoms with Crippen LogP contribution in [0.25, 0.3) is 0 Å². The van der Waals surface area contributed by atoms with Crippen molar-refractivity contribution in [2.24, 2.45) is 0 Å². The molecular weight excluding hydrogens is 418 g/mol. The van der Waals surface area contributed by atoms with E-state index >= 15 is 0 Å². The maximum absolute atomic E-state index is 13.0. The van der Waals surface area contributed by atoms with Gasteiger partial charge in [-0.1, -0.05) is 19.9 Å². The van der Waals surface area contributed by atoms with E-state index in [2.05, 4.69) is 10.3 Å². The Balaban J connectivity index is 2.27. The highest BCUT2D eigenvalue weighted by molar-refractivity contribution is 7.89. The highest BCUT2D eigenvalue weighted by Crippen LogP contribution is 2.23. The average molecular weight is 450 g/mol. The Morgan fingerprint density at radius 3 is 2.39 bits per heavy atom. The van der Waals surface area contributed by atoms with Gasteiger partial charge >= 0.3 is 5.97 Å². The maximum Gasteiger partial charge on any atom is 0.340 e. The molecule has 0 aliphatic rings. The monoisotopic (exact) mass is 449 g/mol. The molecule has 0 fully saturated rings. The summed E-state index contributed by atoms with van der Waals surface area (Å²) in [6.07, 6.45) is 0. The number of H-pyrrole nitrogens is 1. The van der Waals surface area contributed by atoms with Crippen molar-refractivity contribution in [3.05, 3.63) is 46.8 Å². The molecule has 0 saturated heterocycles. The standard InChI is InChI=1S/C22H31N3O5S/c1-7-25(8-2)31(28,29)18-12-10-11-17(13-18)23-16(6)21(26)20-14(4)19(15(5)24-20)22(27)30-9-3/h10-13,16,23-24H,7-9H2,1-6H3/t16-/m0/s1. The minimum atomic E-state index is -3.61. The van der Waals surface area contributed by atoms with Crippen molar-refractivity contribution in [1.82, 2.24) is 9.29 Å². The first kappa shape index (κ1) is 24.6. The fourth-order valence-corrected chi connectivity index (χ4v) is 5.00. The van der Waals surface area contributed by atoms with Crippen LogP contribution in [0.3, 0.4) is 0 Å². The van der Waals surface area contributed by atoms with Gasteiger partial charge in [0.15, 0.2) is 0 Å². The van der Waals surface area contributed by atoms with Gasteiger partial charge in [0.25, 0.3) is 0 Å². The van der Waals surface area contributed by atoms with Crippen LogP contribution in [-0.4, -0.2) is 55.2 Å². The lowest BCUT2D eigenvalue weighted by Crippen LogP contribution is -2.31. The second-order valence-corrected chi connectivity index (χ2v) is 9.13. The molecule has 2 N–H and O–H groups in total. The predicted molar refractivity (Wildman–Crippen MR) is 120 cm³/mol. The molecule has 0 aliphatic carbocycles. The van der Waals surface area contributed by atoms with E-state index in [1.54, 1.807) is 53.7 Å². The summed E-state index contributed by atoms with van der Waals surface area (Å²) < 4.78 is 32.0. The van der Waals surface area contributed by atoms with Crippen LogP contribution in [0, 0.1) is 13.8 Å². The molecule has 1 aromatic carbocycles. The number of carbonyl (C=O) groups excluding carboxylic acids is 2. The number of anilines is 1. The number of aryl methyl sites for hydroxylation is 1.